The Bertz CT molecular complexity index is 1430. The van der Waals surface area contributed by atoms with Gasteiger partial charge < -0.3 is 19.9 Å². The van der Waals surface area contributed by atoms with Gasteiger partial charge in [0.05, 0.1) is 44.2 Å². The number of thioether (sulfide) groups is 1. The van der Waals surface area contributed by atoms with Crippen LogP contribution >= 0.6 is 11.8 Å². The van der Waals surface area contributed by atoms with E-state index < -0.39 is 5.97 Å². The van der Waals surface area contributed by atoms with Gasteiger partial charge >= 0.3 is 5.97 Å². The van der Waals surface area contributed by atoms with E-state index in [4.69, 9.17) is 14.6 Å². The number of amides is 1. The second kappa shape index (κ2) is 12.6. The molecular formula is C30H29FN2O5S. The topological polar surface area (TPSA) is 97.8 Å². The minimum Gasteiger partial charge on any atom is -0.495 e. The largest absolute Gasteiger partial charge is 0.495 e. The van der Waals surface area contributed by atoms with Crippen molar-refractivity contribution in [1.29, 1.82) is 0 Å². The van der Waals surface area contributed by atoms with Crippen LogP contribution in [0.25, 0.3) is 17.2 Å². The van der Waals surface area contributed by atoms with Crippen LogP contribution in [-0.4, -0.2) is 41.9 Å². The van der Waals surface area contributed by atoms with Crippen molar-refractivity contribution < 1.29 is 28.6 Å². The van der Waals surface area contributed by atoms with Crippen molar-refractivity contribution in [2.45, 2.75) is 31.2 Å². The minimum atomic E-state index is -0.874. The highest BCUT2D eigenvalue weighted by atomic mass is 32.2. The molecule has 0 saturated heterocycles. The summed E-state index contributed by atoms with van der Waals surface area (Å²) in [4.78, 5) is 28.8. The summed E-state index contributed by atoms with van der Waals surface area (Å²) in [6, 6.07) is 13.8. The summed E-state index contributed by atoms with van der Waals surface area (Å²) in [7, 11) is 3.10. The number of carbonyl (C=O) groups is 2. The number of fused-ring (bicyclic) bond motifs is 1. The zero-order valence-electron chi connectivity index (χ0n) is 21.9. The van der Waals surface area contributed by atoms with Gasteiger partial charge in [-0.05, 0) is 82.8 Å². The van der Waals surface area contributed by atoms with Gasteiger partial charge in [-0.25, -0.2) is 4.39 Å². The molecule has 0 saturated carbocycles. The van der Waals surface area contributed by atoms with Crippen molar-refractivity contribution in [1.82, 2.24) is 10.3 Å². The van der Waals surface area contributed by atoms with Crippen molar-refractivity contribution in [3.8, 4) is 11.5 Å². The monoisotopic (exact) mass is 548 g/mol. The van der Waals surface area contributed by atoms with Crippen LogP contribution in [0.2, 0.25) is 0 Å². The molecule has 0 unspecified atom stereocenters. The number of hydrogen-bond acceptors (Lipinski definition) is 6. The lowest BCUT2D eigenvalue weighted by Crippen LogP contribution is -2.23. The van der Waals surface area contributed by atoms with E-state index in [-0.39, 0.29) is 24.6 Å². The van der Waals surface area contributed by atoms with Crippen LogP contribution in [0.3, 0.4) is 0 Å². The normalized spacial score (nSPS) is 13.4. The molecule has 1 aliphatic rings. The number of carbonyl (C=O) groups excluding carboxylic acids is 1. The van der Waals surface area contributed by atoms with E-state index in [1.807, 2.05) is 43.3 Å². The van der Waals surface area contributed by atoms with Gasteiger partial charge in [-0.15, -0.1) is 11.8 Å². The summed E-state index contributed by atoms with van der Waals surface area (Å²) in [5.41, 5.74) is 5.56. The van der Waals surface area contributed by atoms with Gasteiger partial charge in [0.15, 0.2) is 0 Å². The second-order valence-corrected chi connectivity index (χ2v) is 9.98. The Morgan fingerprint density at radius 1 is 1.08 bits per heavy atom. The third-order valence-electron chi connectivity index (χ3n) is 6.34. The SMILES string of the molecule is COc1cc(/C=C2/C(C)=C(CC(=O)NCc3ccccn3)c3cc(F)ccc32)cc(OC)c1SCCC(=O)O. The molecule has 9 heteroatoms. The van der Waals surface area contributed by atoms with Gasteiger partial charge in [-0.2, -0.15) is 0 Å². The molecule has 4 rings (SSSR count). The number of nitrogens with zero attached hydrogens (tertiary/aromatic N) is 1. The molecule has 3 aromatic rings. The third kappa shape index (κ3) is 6.67. The van der Waals surface area contributed by atoms with Crippen molar-refractivity contribution in [2.75, 3.05) is 20.0 Å². The number of nitrogens with one attached hydrogen (secondary N) is 1. The molecule has 1 amide bonds. The van der Waals surface area contributed by atoms with Gasteiger partial charge in [0, 0.05) is 11.9 Å². The molecule has 1 aromatic heterocycles. The van der Waals surface area contributed by atoms with E-state index in [9.17, 15) is 14.0 Å². The summed E-state index contributed by atoms with van der Waals surface area (Å²) < 4.78 is 25.5. The van der Waals surface area contributed by atoms with Crippen LogP contribution in [0.5, 0.6) is 11.5 Å². The lowest BCUT2D eigenvalue weighted by Gasteiger charge is -2.14. The maximum Gasteiger partial charge on any atom is 0.304 e. The molecule has 0 fully saturated rings. The molecule has 1 heterocycles. The van der Waals surface area contributed by atoms with E-state index in [1.54, 1.807) is 26.5 Å². The zero-order chi connectivity index (χ0) is 27.9. The number of ether oxygens (including phenoxy) is 2. The minimum absolute atomic E-state index is 0.0122. The lowest BCUT2D eigenvalue weighted by molar-refractivity contribution is -0.136. The molecular weight excluding hydrogens is 519 g/mol. The van der Waals surface area contributed by atoms with Crippen LogP contribution in [0, 0.1) is 5.82 Å². The fourth-order valence-corrected chi connectivity index (χ4v) is 5.48. The molecule has 1 aliphatic carbocycles. The Balaban J connectivity index is 1.66. The van der Waals surface area contributed by atoms with Crippen molar-refractivity contribution >= 4 is 40.9 Å². The maximum atomic E-state index is 14.3. The Hall–Kier alpha value is -4.11. The van der Waals surface area contributed by atoms with Gasteiger partial charge in [0.1, 0.15) is 17.3 Å². The van der Waals surface area contributed by atoms with Crippen LogP contribution in [-0.2, 0) is 16.1 Å². The highest BCUT2D eigenvalue weighted by Crippen LogP contribution is 2.45. The quantitative estimate of drug-likeness (QED) is 0.291. The molecule has 0 radical (unpaired) electrons. The van der Waals surface area contributed by atoms with Crippen molar-refractivity contribution in [3.63, 3.8) is 0 Å². The summed E-state index contributed by atoms with van der Waals surface area (Å²) in [5.74, 6) is 0.0587. The van der Waals surface area contributed by atoms with Crippen molar-refractivity contribution in [2.24, 2.45) is 0 Å². The number of rotatable bonds is 11. The van der Waals surface area contributed by atoms with E-state index >= 15 is 0 Å². The van der Waals surface area contributed by atoms with E-state index in [0.29, 0.717) is 29.4 Å². The van der Waals surface area contributed by atoms with Crippen molar-refractivity contribution in [3.05, 3.63) is 88.5 Å². The number of hydrogen-bond donors (Lipinski definition) is 2. The number of pyridine rings is 1. The summed E-state index contributed by atoms with van der Waals surface area (Å²) in [6.45, 7) is 2.23. The number of aliphatic carboxylic acids is 1. The summed E-state index contributed by atoms with van der Waals surface area (Å²) in [6.07, 6.45) is 3.74. The number of benzene rings is 2. The van der Waals surface area contributed by atoms with E-state index in [2.05, 4.69) is 10.3 Å². The van der Waals surface area contributed by atoms with E-state index in [0.717, 1.165) is 38.4 Å². The second-order valence-electron chi connectivity index (χ2n) is 8.87. The van der Waals surface area contributed by atoms with Crippen LogP contribution < -0.4 is 14.8 Å². The number of methoxy groups -OCH3 is 2. The van der Waals surface area contributed by atoms with Gasteiger partial charge in [-0.1, -0.05) is 12.1 Å². The van der Waals surface area contributed by atoms with Gasteiger partial charge in [-0.3, -0.25) is 14.6 Å². The summed E-state index contributed by atoms with van der Waals surface area (Å²) >= 11 is 1.35. The fraction of sp³-hybridized carbons (Fsp3) is 0.233. The maximum absolute atomic E-state index is 14.3. The average molecular weight is 549 g/mol. The average Bonchev–Trinajstić information content (AvgIpc) is 3.17. The molecule has 2 aromatic carbocycles. The standard InChI is InChI=1S/C30H29FN2O5S/c1-18-23(12-19-13-26(37-2)30(27(14-19)38-3)39-11-9-29(35)36)22-8-7-20(31)15-25(22)24(18)16-28(34)33-17-21-6-4-5-10-32-21/h4-8,10,12-15H,9,11,16-17H2,1-3H3,(H,33,34)(H,35,36)/b23-12-. The molecule has 0 atom stereocenters. The molecule has 7 nitrogen and oxygen atoms in total. The number of halogens is 1. The number of carboxylic acid groups (broad SMARTS) is 1. The molecule has 2 N–H and O–H groups in total. The molecule has 0 bridgehead atoms. The van der Waals surface area contributed by atoms with E-state index in [1.165, 1.54) is 23.9 Å². The van der Waals surface area contributed by atoms with Gasteiger partial charge in [0.25, 0.3) is 0 Å². The first-order valence-electron chi connectivity index (χ1n) is 12.3. The smallest absolute Gasteiger partial charge is 0.304 e. The van der Waals surface area contributed by atoms with Crippen LogP contribution in [0.15, 0.2) is 65.2 Å². The highest BCUT2D eigenvalue weighted by Gasteiger charge is 2.26. The molecule has 202 valence electrons. The van der Waals surface area contributed by atoms with Gasteiger partial charge in [0.2, 0.25) is 5.91 Å². The zero-order valence-corrected chi connectivity index (χ0v) is 22.7. The predicted octanol–water partition coefficient (Wildman–Crippen LogP) is 5.84. The summed E-state index contributed by atoms with van der Waals surface area (Å²) in [5, 5.41) is 11.9. The van der Waals surface area contributed by atoms with Crippen LogP contribution in [0.4, 0.5) is 4.39 Å². The fourth-order valence-electron chi connectivity index (χ4n) is 4.43. The Labute approximate surface area is 230 Å². The Morgan fingerprint density at radius 3 is 2.46 bits per heavy atom. The predicted molar refractivity (Wildman–Crippen MR) is 150 cm³/mol. The Morgan fingerprint density at radius 2 is 1.82 bits per heavy atom. The highest BCUT2D eigenvalue weighted by molar-refractivity contribution is 7.99. The third-order valence-corrected chi connectivity index (χ3v) is 7.44. The molecule has 0 spiro atoms. The lowest BCUT2D eigenvalue weighted by atomic mass is 10.0. The van der Waals surface area contributed by atoms with Crippen LogP contribution in [0.1, 0.15) is 42.1 Å². The Kier molecular flexibility index (Phi) is 9.03. The number of allylic oxidation sites excluding steroid dienone is 2. The molecule has 39 heavy (non-hydrogen) atoms. The first kappa shape index (κ1) is 27.9. The first-order chi connectivity index (χ1) is 18.8. The molecule has 0 aliphatic heterocycles. The number of aromatic nitrogens is 1. The first-order valence-corrected chi connectivity index (χ1v) is 13.3. The number of carboxylic acids is 1.